The summed E-state index contributed by atoms with van der Waals surface area (Å²) in [6.45, 7) is 0. The van der Waals surface area contributed by atoms with E-state index in [2.05, 4.69) is 15.1 Å². The first kappa shape index (κ1) is 8.11. The molecule has 0 saturated heterocycles. The molecule has 72 valence electrons. The Morgan fingerprint density at radius 3 is 2.60 bits per heavy atom. The van der Waals surface area contributed by atoms with Gasteiger partial charge in [0, 0.05) is 24.0 Å². The second kappa shape index (κ2) is 3.16. The number of hydrogen-bond acceptors (Lipinski definition) is 4. The van der Waals surface area contributed by atoms with Crippen LogP contribution >= 0.6 is 0 Å². The van der Waals surface area contributed by atoms with E-state index < -0.39 is 0 Å². The first-order chi connectivity index (χ1) is 7.43. The van der Waals surface area contributed by atoms with E-state index in [1.54, 1.807) is 18.7 Å². The third kappa shape index (κ3) is 1.36. The molecule has 0 fully saturated rings. The van der Waals surface area contributed by atoms with E-state index in [4.69, 9.17) is 4.52 Å². The molecule has 0 N–H and O–H groups in total. The molecule has 4 nitrogen and oxygen atoms in total. The Morgan fingerprint density at radius 1 is 0.933 bits per heavy atom. The van der Waals surface area contributed by atoms with E-state index in [-0.39, 0.29) is 0 Å². The maximum absolute atomic E-state index is 4.79. The number of fused-ring (bicyclic) bond motifs is 1. The summed E-state index contributed by atoms with van der Waals surface area (Å²) in [5.74, 6) is 0. The number of nitrogens with zero attached hydrogens (tertiary/aromatic N) is 3. The minimum absolute atomic E-state index is 0.808. The molecule has 0 spiro atoms. The smallest absolute Gasteiger partial charge is 0.124 e. The standard InChI is InChI=1S/C11H7N3O/c1-2-10-11(13-5-4-12-10)7-8(1)9-3-6-15-14-9/h1-7H. The van der Waals surface area contributed by atoms with E-state index in [1.165, 1.54) is 0 Å². The quantitative estimate of drug-likeness (QED) is 0.600. The lowest BCUT2D eigenvalue weighted by molar-refractivity contribution is 0.422. The zero-order valence-electron chi connectivity index (χ0n) is 7.79. The summed E-state index contributed by atoms with van der Waals surface area (Å²) in [4.78, 5) is 8.43. The Balaban J connectivity index is 2.22. The molecular formula is C11H7N3O. The number of hydrogen-bond donors (Lipinski definition) is 0. The van der Waals surface area contributed by atoms with Crippen molar-refractivity contribution in [3.8, 4) is 11.3 Å². The average Bonchev–Trinajstić information content (AvgIpc) is 2.82. The van der Waals surface area contributed by atoms with Crippen molar-refractivity contribution >= 4 is 11.0 Å². The molecule has 0 bridgehead atoms. The molecule has 1 aromatic carbocycles. The highest BCUT2D eigenvalue weighted by Crippen LogP contribution is 2.20. The fraction of sp³-hybridized carbons (Fsp3) is 0. The highest BCUT2D eigenvalue weighted by atomic mass is 16.5. The van der Waals surface area contributed by atoms with Gasteiger partial charge in [0.05, 0.1) is 11.0 Å². The second-order valence-electron chi connectivity index (χ2n) is 3.14. The lowest BCUT2D eigenvalue weighted by atomic mass is 10.1. The molecule has 0 aliphatic carbocycles. The van der Waals surface area contributed by atoms with Crippen molar-refractivity contribution < 1.29 is 4.52 Å². The van der Waals surface area contributed by atoms with Crippen LogP contribution in [0.5, 0.6) is 0 Å². The van der Waals surface area contributed by atoms with Crippen LogP contribution in [0.2, 0.25) is 0 Å². The molecule has 3 aromatic rings. The molecule has 15 heavy (non-hydrogen) atoms. The minimum atomic E-state index is 0.808. The maximum Gasteiger partial charge on any atom is 0.124 e. The minimum Gasteiger partial charge on any atom is -0.364 e. The lowest BCUT2D eigenvalue weighted by Crippen LogP contribution is -1.83. The highest BCUT2D eigenvalue weighted by Gasteiger charge is 2.02. The van der Waals surface area contributed by atoms with Gasteiger partial charge in [-0.2, -0.15) is 0 Å². The van der Waals surface area contributed by atoms with Crippen LogP contribution in [-0.4, -0.2) is 15.1 Å². The fourth-order valence-electron chi connectivity index (χ4n) is 1.48. The van der Waals surface area contributed by atoms with Gasteiger partial charge in [0.1, 0.15) is 12.0 Å². The van der Waals surface area contributed by atoms with E-state index in [9.17, 15) is 0 Å². The Labute approximate surface area is 85.6 Å². The van der Waals surface area contributed by atoms with Crippen LogP contribution in [0.3, 0.4) is 0 Å². The summed E-state index contributed by atoms with van der Waals surface area (Å²) in [6.07, 6.45) is 4.91. The van der Waals surface area contributed by atoms with Gasteiger partial charge in [0.25, 0.3) is 0 Å². The van der Waals surface area contributed by atoms with Gasteiger partial charge < -0.3 is 4.52 Å². The van der Waals surface area contributed by atoms with Gasteiger partial charge >= 0.3 is 0 Å². The van der Waals surface area contributed by atoms with Crippen molar-refractivity contribution in [2.45, 2.75) is 0 Å². The second-order valence-corrected chi connectivity index (χ2v) is 3.14. The number of benzene rings is 1. The third-order valence-electron chi connectivity index (χ3n) is 2.20. The van der Waals surface area contributed by atoms with Crippen LogP contribution in [0.4, 0.5) is 0 Å². The molecule has 2 aromatic heterocycles. The monoisotopic (exact) mass is 197 g/mol. The van der Waals surface area contributed by atoms with Crippen LogP contribution < -0.4 is 0 Å². The molecule has 0 saturated carbocycles. The van der Waals surface area contributed by atoms with Crippen molar-refractivity contribution in [2.75, 3.05) is 0 Å². The third-order valence-corrected chi connectivity index (χ3v) is 2.20. The Hall–Kier alpha value is -2.23. The van der Waals surface area contributed by atoms with Crippen molar-refractivity contribution in [2.24, 2.45) is 0 Å². The summed E-state index contributed by atoms with van der Waals surface area (Å²) < 4.78 is 4.79. The molecule has 0 unspecified atom stereocenters. The van der Waals surface area contributed by atoms with E-state index in [0.717, 1.165) is 22.3 Å². The van der Waals surface area contributed by atoms with Gasteiger partial charge in [0.15, 0.2) is 0 Å². The Morgan fingerprint density at radius 2 is 1.80 bits per heavy atom. The van der Waals surface area contributed by atoms with Gasteiger partial charge in [-0.15, -0.1) is 0 Å². The van der Waals surface area contributed by atoms with E-state index in [0.29, 0.717) is 0 Å². The lowest BCUT2D eigenvalue weighted by Gasteiger charge is -1.98. The molecule has 0 atom stereocenters. The summed E-state index contributed by atoms with van der Waals surface area (Å²) in [5.41, 5.74) is 3.53. The molecular weight excluding hydrogens is 190 g/mol. The van der Waals surface area contributed by atoms with Gasteiger partial charge in [-0.3, -0.25) is 9.97 Å². The predicted octanol–water partition coefficient (Wildman–Crippen LogP) is 2.28. The summed E-state index contributed by atoms with van der Waals surface area (Å²) in [5, 5.41) is 3.87. The summed E-state index contributed by atoms with van der Waals surface area (Å²) in [7, 11) is 0. The first-order valence-corrected chi connectivity index (χ1v) is 4.55. The summed E-state index contributed by atoms with van der Waals surface area (Å²) >= 11 is 0. The van der Waals surface area contributed by atoms with Crippen LogP contribution in [0.15, 0.2) is 47.4 Å². The van der Waals surface area contributed by atoms with E-state index in [1.807, 2.05) is 24.3 Å². The Kier molecular flexibility index (Phi) is 1.71. The van der Waals surface area contributed by atoms with Crippen LogP contribution in [-0.2, 0) is 0 Å². The molecule has 0 aliphatic rings. The predicted molar refractivity (Wildman–Crippen MR) is 55.0 cm³/mol. The SMILES string of the molecule is c1cnc2cc(-c3ccon3)ccc2n1. The van der Waals surface area contributed by atoms with E-state index >= 15 is 0 Å². The molecule has 0 radical (unpaired) electrons. The molecule has 4 heteroatoms. The average molecular weight is 197 g/mol. The first-order valence-electron chi connectivity index (χ1n) is 4.55. The molecule has 0 aliphatic heterocycles. The van der Waals surface area contributed by atoms with Gasteiger partial charge in [-0.25, -0.2) is 0 Å². The highest BCUT2D eigenvalue weighted by molar-refractivity contribution is 5.79. The zero-order chi connectivity index (χ0) is 10.1. The van der Waals surface area contributed by atoms with Crippen LogP contribution in [0.1, 0.15) is 0 Å². The van der Waals surface area contributed by atoms with Gasteiger partial charge in [-0.05, 0) is 12.1 Å². The maximum atomic E-state index is 4.79. The van der Waals surface area contributed by atoms with Crippen molar-refractivity contribution in [1.29, 1.82) is 0 Å². The normalized spacial score (nSPS) is 10.7. The number of rotatable bonds is 1. The molecule has 0 amide bonds. The van der Waals surface area contributed by atoms with Crippen LogP contribution in [0, 0.1) is 0 Å². The van der Waals surface area contributed by atoms with Gasteiger partial charge in [0.2, 0.25) is 0 Å². The largest absolute Gasteiger partial charge is 0.364 e. The molecule has 2 heterocycles. The summed E-state index contributed by atoms with van der Waals surface area (Å²) in [6, 6.07) is 7.64. The van der Waals surface area contributed by atoms with Crippen molar-refractivity contribution in [1.82, 2.24) is 15.1 Å². The topological polar surface area (TPSA) is 51.8 Å². The van der Waals surface area contributed by atoms with Crippen molar-refractivity contribution in [3.05, 3.63) is 42.9 Å². The van der Waals surface area contributed by atoms with Crippen LogP contribution in [0.25, 0.3) is 22.3 Å². The number of aromatic nitrogens is 3. The van der Waals surface area contributed by atoms with Gasteiger partial charge in [-0.1, -0.05) is 11.2 Å². The van der Waals surface area contributed by atoms with Crippen molar-refractivity contribution in [3.63, 3.8) is 0 Å². The zero-order valence-corrected chi connectivity index (χ0v) is 7.79. The Bertz CT molecular complexity index is 590. The fourth-order valence-corrected chi connectivity index (χ4v) is 1.48. The molecule has 3 rings (SSSR count).